The fraction of sp³-hybridized carbons (Fsp3) is 0.222. The molecule has 0 aromatic heterocycles. The number of halogens is 1. The van der Waals surface area contributed by atoms with Crippen molar-refractivity contribution < 1.29 is 14.5 Å². The summed E-state index contributed by atoms with van der Waals surface area (Å²) in [4.78, 5) is 24.1. The molecule has 26 heavy (non-hydrogen) atoms. The maximum absolute atomic E-state index is 12.5. The second-order valence-corrected chi connectivity index (χ2v) is 5.86. The van der Waals surface area contributed by atoms with Crippen LogP contribution in [0.1, 0.15) is 12.0 Å². The van der Waals surface area contributed by atoms with Gasteiger partial charge < -0.3 is 9.64 Å². The van der Waals surface area contributed by atoms with Gasteiger partial charge in [0.25, 0.3) is 11.6 Å². The molecule has 0 saturated carbocycles. The third-order valence-corrected chi connectivity index (χ3v) is 3.87. The van der Waals surface area contributed by atoms with Crippen LogP contribution in [0.3, 0.4) is 0 Å². The van der Waals surface area contributed by atoms with Crippen LogP contribution in [0.5, 0.6) is 5.75 Å². The van der Waals surface area contributed by atoms with Crippen molar-refractivity contribution in [2.24, 2.45) is 0 Å². The number of ether oxygens (including phenoxy) is 1. The summed E-state index contributed by atoms with van der Waals surface area (Å²) < 4.78 is 5.41. The zero-order chi connectivity index (χ0) is 19.1. The highest BCUT2D eigenvalue weighted by Crippen LogP contribution is 2.28. The summed E-state index contributed by atoms with van der Waals surface area (Å²) in [7, 11) is 0. The molecule has 134 valence electrons. The van der Waals surface area contributed by atoms with Gasteiger partial charge in [-0.05, 0) is 25.1 Å². The Labute approximate surface area is 155 Å². The minimum Gasteiger partial charge on any atom is -0.482 e. The number of carbonyl (C=O) groups excluding carboxylic acids is 1. The number of nitrogens with zero attached hydrogens (tertiary/aromatic N) is 3. The number of rotatable bonds is 7. The molecule has 0 unspecified atom stereocenters. The van der Waals surface area contributed by atoms with Crippen LogP contribution in [0, 0.1) is 28.4 Å². The van der Waals surface area contributed by atoms with E-state index in [0.29, 0.717) is 5.69 Å². The molecule has 2 aromatic carbocycles. The second kappa shape index (κ2) is 8.83. The average Bonchev–Trinajstić information content (AvgIpc) is 2.62. The molecule has 0 fully saturated rings. The number of nitro benzene ring substituents is 1. The van der Waals surface area contributed by atoms with E-state index in [-0.39, 0.29) is 41.9 Å². The summed E-state index contributed by atoms with van der Waals surface area (Å²) in [6.07, 6.45) is 0.178. The molecule has 8 heteroatoms. The van der Waals surface area contributed by atoms with Crippen molar-refractivity contribution >= 4 is 28.9 Å². The molecule has 0 bridgehead atoms. The molecular weight excluding hydrogens is 358 g/mol. The van der Waals surface area contributed by atoms with Gasteiger partial charge in [0, 0.05) is 24.4 Å². The van der Waals surface area contributed by atoms with Gasteiger partial charge in [-0.2, -0.15) is 5.26 Å². The lowest BCUT2D eigenvalue weighted by Crippen LogP contribution is -2.35. The zero-order valence-corrected chi connectivity index (χ0v) is 14.8. The molecule has 0 saturated heterocycles. The van der Waals surface area contributed by atoms with Gasteiger partial charge in [0.15, 0.2) is 6.61 Å². The van der Waals surface area contributed by atoms with Crippen LogP contribution in [-0.2, 0) is 4.79 Å². The van der Waals surface area contributed by atoms with Crippen molar-refractivity contribution in [3.8, 4) is 11.8 Å². The van der Waals surface area contributed by atoms with Crippen LogP contribution in [0.15, 0.2) is 42.5 Å². The van der Waals surface area contributed by atoms with Gasteiger partial charge in [-0.25, -0.2) is 0 Å². The van der Waals surface area contributed by atoms with Crippen molar-refractivity contribution in [3.63, 3.8) is 0 Å². The maximum atomic E-state index is 12.5. The van der Waals surface area contributed by atoms with Crippen molar-refractivity contribution in [1.29, 1.82) is 5.26 Å². The fourth-order valence-electron chi connectivity index (χ4n) is 2.22. The average molecular weight is 374 g/mol. The number of nitriles is 1. The Hall–Kier alpha value is -3.11. The van der Waals surface area contributed by atoms with Gasteiger partial charge in [-0.3, -0.25) is 14.9 Å². The molecule has 0 aliphatic heterocycles. The third-order valence-electron chi connectivity index (χ3n) is 3.57. The third kappa shape index (κ3) is 4.94. The molecule has 0 aliphatic carbocycles. The quantitative estimate of drug-likeness (QED) is 0.542. The van der Waals surface area contributed by atoms with Gasteiger partial charge >= 0.3 is 0 Å². The van der Waals surface area contributed by atoms with E-state index >= 15 is 0 Å². The lowest BCUT2D eigenvalue weighted by molar-refractivity contribution is -0.384. The van der Waals surface area contributed by atoms with Gasteiger partial charge in [0.05, 0.1) is 22.4 Å². The number of hydrogen-bond acceptors (Lipinski definition) is 5. The van der Waals surface area contributed by atoms with Crippen molar-refractivity contribution in [2.45, 2.75) is 13.3 Å². The molecule has 0 radical (unpaired) electrons. The van der Waals surface area contributed by atoms with E-state index in [1.54, 1.807) is 12.1 Å². The standard InChI is InChI=1S/C18H16ClN3O4/c1-13-3-5-14(6-4-13)21(10-2-9-20)18(23)12-26-17-8-7-15(22(24)25)11-16(17)19/h3-8,11H,2,10,12H2,1H3. The van der Waals surface area contributed by atoms with Crippen LogP contribution in [0.2, 0.25) is 5.02 Å². The first-order valence-electron chi connectivity index (χ1n) is 7.73. The van der Waals surface area contributed by atoms with Crippen LogP contribution in [-0.4, -0.2) is 24.0 Å². The maximum Gasteiger partial charge on any atom is 0.271 e. The number of benzene rings is 2. The SMILES string of the molecule is Cc1ccc(N(CCC#N)C(=O)COc2ccc([N+](=O)[O-])cc2Cl)cc1. The fourth-order valence-corrected chi connectivity index (χ4v) is 2.45. The molecular formula is C18H16ClN3O4. The Morgan fingerprint density at radius 1 is 1.31 bits per heavy atom. The molecule has 0 atom stereocenters. The largest absolute Gasteiger partial charge is 0.482 e. The summed E-state index contributed by atoms with van der Waals surface area (Å²) in [5.74, 6) is -0.173. The molecule has 1 amide bonds. The van der Waals surface area contributed by atoms with Gasteiger partial charge in [-0.15, -0.1) is 0 Å². The Balaban J connectivity index is 2.11. The van der Waals surface area contributed by atoms with Gasteiger partial charge in [-0.1, -0.05) is 29.3 Å². The molecule has 7 nitrogen and oxygen atoms in total. The zero-order valence-electron chi connectivity index (χ0n) is 14.0. The number of non-ortho nitro benzene ring substituents is 1. The summed E-state index contributed by atoms with van der Waals surface area (Å²) in [5, 5.41) is 19.6. The lowest BCUT2D eigenvalue weighted by Gasteiger charge is -2.22. The van der Waals surface area contributed by atoms with Crippen molar-refractivity contribution in [2.75, 3.05) is 18.1 Å². The van der Waals surface area contributed by atoms with Crippen molar-refractivity contribution in [3.05, 3.63) is 63.2 Å². The molecule has 2 aromatic rings. The molecule has 0 aliphatic rings. The van der Waals surface area contributed by atoms with Crippen LogP contribution in [0.25, 0.3) is 0 Å². The Morgan fingerprint density at radius 2 is 2.00 bits per heavy atom. The van der Waals surface area contributed by atoms with E-state index in [1.807, 2.05) is 25.1 Å². The highest BCUT2D eigenvalue weighted by Gasteiger charge is 2.17. The monoisotopic (exact) mass is 373 g/mol. The first kappa shape index (κ1) is 19.2. The highest BCUT2D eigenvalue weighted by atomic mass is 35.5. The Bertz CT molecular complexity index is 847. The minimum atomic E-state index is -0.568. The van der Waals surface area contributed by atoms with Gasteiger partial charge in [0.2, 0.25) is 0 Å². The van der Waals surface area contributed by atoms with E-state index in [0.717, 1.165) is 11.6 Å². The summed E-state index contributed by atoms with van der Waals surface area (Å²) in [6, 6.07) is 13.1. The van der Waals surface area contributed by atoms with E-state index in [9.17, 15) is 14.9 Å². The van der Waals surface area contributed by atoms with Crippen LogP contribution < -0.4 is 9.64 Å². The van der Waals surface area contributed by atoms with Crippen LogP contribution >= 0.6 is 11.6 Å². The lowest BCUT2D eigenvalue weighted by atomic mass is 10.2. The van der Waals surface area contributed by atoms with E-state index in [2.05, 4.69) is 0 Å². The van der Waals surface area contributed by atoms with E-state index in [4.69, 9.17) is 21.6 Å². The first-order chi connectivity index (χ1) is 12.4. The van der Waals surface area contributed by atoms with Gasteiger partial charge in [0.1, 0.15) is 5.75 Å². The summed E-state index contributed by atoms with van der Waals surface area (Å²) >= 11 is 5.96. The predicted molar refractivity (Wildman–Crippen MR) is 97.4 cm³/mol. The molecule has 0 N–H and O–H groups in total. The number of carbonyl (C=O) groups is 1. The topological polar surface area (TPSA) is 96.5 Å². The molecule has 0 spiro atoms. The van der Waals surface area contributed by atoms with Crippen LogP contribution in [0.4, 0.5) is 11.4 Å². The Kier molecular flexibility index (Phi) is 6.53. The predicted octanol–water partition coefficient (Wildman–Crippen LogP) is 3.88. The highest BCUT2D eigenvalue weighted by molar-refractivity contribution is 6.32. The normalized spacial score (nSPS) is 10.0. The van der Waals surface area contributed by atoms with Crippen molar-refractivity contribution in [1.82, 2.24) is 0 Å². The van der Waals surface area contributed by atoms with E-state index in [1.165, 1.54) is 17.0 Å². The Morgan fingerprint density at radius 3 is 2.58 bits per heavy atom. The number of aryl methyl sites for hydroxylation is 1. The minimum absolute atomic E-state index is 0.0471. The smallest absolute Gasteiger partial charge is 0.271 e. The molecule has 2 rings (SSSR count). The van der Waals surface area contributed by atoms with E-state index < -0.39 is 4.92 Å². The summed E-state index contributed by atoms with van der Waals surface area (Å²) in [6.45, 7) is 1.86. The number of hydrogen-bond donors (Lipinski definition) is 0. The number of nitro groups is 1. The molecule has 0 heterocycles. The number of amides is 1. The second-order valence-electron chi connectivity index (χ2n) is 5.45. The first-order valence-corrected chi connectivity index (χ1v) is 8.11. The number of anilines is 1. The summed E-state index contributed by atoms with van der Waals surface area (Å²) in [5.41, 5.74) is 1.55.